The van der Waals surface area contributed by atoms with Crippen LogP contribution in [-0.2, 0) is 0 Å². The maximum absolute atomic E-state index is 7.01. The topological polar surface area (TPSA) is 41.5 Å². The van der Waals surface area contributed by atoms with Gasteiger partial charge in [-0.25, -0.2) is 0 Å². The number of rotatable bonds is 4. The lowest BCUT2D eigenvalue weighted by atomic mass is 9.35. The van der Waals surface area contributed by atoms with Crippen molar-refractivity contribution in [3.8, 4) is 56.6 Å². The summed E-state index contributed by atoms with van der Waals surface area (Å²) in [4.78, 5) is 0. The second-order valence-electron chi connectivity index (χ2n) is 17.5. The number of aromatic nitrogens is 2. The number of nitrogens with zero attached hydrogens (tertiary/aromatic N) is 2. The largest absolute Gasteiger partial charge is 0.458 e. The lowest BCUT2D eigenvalue weighted by molar-refractivity contribution is 0.465. The zero-order chi connectivity index (χ0) is 43.0. The van der Waals surface area contributed by atoms with Crippen LogP contribution in [-0.4, -0.2) is 15.8 Å². The Morgan fingerprint density at radius 3 is 1.73 bits per heavy atom. The molecule has 306 valence electrons. The second kappa shape index (κ2) is 13.4. The molecule has 10 aromatic carbocycles. The molecule has 0 spiro atoms. The van der Waals surface area contributed by atoms with Gasteiger partial charge in [0, 0.05) is 54.6 Å². The van der Waals surface area contributed by atoms with Crippen molar-refractivity contribution in [2.45, 2.75) is 0 Å². The molecule has 0 N–H and O–H groups in total. The normalized spacial score (nSPS) is 12.8. The molecule has 13 aromatic rings. The zero-order valence-corrected chi connectivity index (χ0v) is 35.4. The van der Waals surface area contributed by atoms with Crippen molar-refractivity contribution in [1.82, 2.24) is 9.13 Å². The number of hydrogen-bond acceptors (Lipinski definition) is 3. The summed E-state index contributed by atoms with van der Waals surface area (Å²) in [6.07, 6.45) is 0. The van der Waals surface area contributed by atoms with Crippen LogP contribution in [0.25, 0.3) is 99.2 Å². The molecule has 66 heavy (non-hydrogen) atoms. The quantitative estimate of drug-likeness (QED) is 0.166. The van der Waals surface area contributed by atoms with E-state index in [0.29, 0.717) is 0 Å². The van der Waals surface area contributed by atoms with Crippen molar-refractivity contribution in [2.24, 2.45) is 0 Å². The molecular formula is C60H35BN2O3. The first-order valence-corrected chi connectivity index (χ1v) is 22.5. The van der Waals surface area contributed by atoms with E-state index in [1.54, 1.807) is 0 Å². The third-order valence-electron chi connectivity index (χ3n) is 14.0. The third-order valence-corrected chi connectivity index (χ3v) is 14.0. The van der Waals surface area contributed by atoms with Crippen LogP contribution in [0.3, 0.4) is 0 Å². The minimum atomic E-state index is 0.0105. The first kappa shape index (κ1) is 35.7. The Hall–Kier alpha value is -8.74. The molecule has 0 bridgehead atoms. The summed E-state index contributed by atoms with van der Waals surface area (Å²) in [5, 5.41) is 6.95. The van der Waals surface area contributed by atoms with E-state index in [0.717, 1.165) is 112 Å². The smallest absolute Gasteiger partial charge is 0.260 e. The van der Waals surface area contributed by atoms with Gasteiger partial charge in [0.2, 0.25) is 0 Å². The summed E-state index contributed by atoms with van der Waals surface area (Å²) in [6.45, 7) is 0.0105. The van der Waals surface area contributed by atoms with Gasteiger partial charge in [0.15, 0.2) is 0 Å². The van der Waals surface area contributed by atoms with Crippen molar-refractivity contribution in [3.05, 3.63) is 212 Å². The lowest BCUT2D eigenvalue weighted by Gasteiger charge is -2.33. The molecule has 2 aliphatic heterocycles. The summed E-state index contributed by atoms with van der Waals surface area (Å²) in [5.74, 6) is 3.34. The predicted molar refractivity (Wildman–Crippen MR) is 271 cm³/mol. The van der Waals surface area contributed by atoms with Crippen LogP contribution in [0, 0.1) is 0 Å². The molecule has 0 unspecified atom stereocenters. The molecule has 0 saturated heterocycles. The molecule has 0 radical (unpaired) electrons. The molecule has 0 aliphatic carbocycles. The van der Waals surface area contributed by atoms with Crippen LogP contribution in [0.15, 0.2) is 217 Å². The van der Waals surface area contributed by atoms with Gasteiger partial charge < -0.3 is 23.0 Å². The maximum atomic E-state index is 7.01. The number of furan rings is 1. The molecule has 3 aromatic heterocycles. The Kier molecular flexibility index (Phi) is 7.24. The van der Waals surface area contributed by atoms with E-state index in [4.69, 9.17) is 13.9 Å². The van der Waals surface area contributed by atoms with Crippen LogP contribution in [0.2, 0.25) is 0 Å². The fourth-order valence-corrected chi connectivity index (χ4v) is 11.4. The molecule has 0 saturated carbocycles. The average Bonchev–Trinajstić information content (AvgIpc) is 4.05. The Morgan fingerprint density at radius 1 is 0.379 bits per heavy atom. The van der Waals surface area contributed by atoms with Gasteiger partial charge in [-0.2, -0.15) is 0 Å². The van der Waals surface area contributed by atoms with E-state index >= 15 is 0 Å². The highest BCUT2D eigenvalue weighted by atomic mass is 16.5. The zero-order valence-electron chi connectivity index (χ0n) is 35.4. The highest BCUT2D eigenvalue weighted by Gasteiger charge is 2.40. The second-order valence-corrected chi connectivity index (χ2v) is 17.5. The van der Waals surface area contributed by atoms with Gasteiger partial charge in [0.1, 0.15) is 34.2 Å². The van der Waals surface area contributed by atoms with Crippen LogP contribution in [0.5, 0.6) is 23.0 Å². The summed E-state index contributed by atoms with van der Waals surface area (Å²) in [5.41, 5.74) is 16.1. The Bertz CT molecular complexity index is 4130. The predicted octanol–water partition coefficient (Wildman–Crippen LogP) is 13.8. The summed E-state index contributed by atoms with van der Waals surface area (Å²) >= 11 is 0. The molecule has 0 fully saturated rings. The molecule has 5 heterocycles. The Balaban J connectivity index is 0.967. The molecule has 2 aliphatic rings. The number of benzene rings is 10. The monoisotopic (exact) mass is 842 g/mol. The molecule has 5 nitrogen and oxygen atoms in total. The van der Waals surface area contributed by atoms with E-state index in [1.807, 2.05) is 12.1 Å². The van der Waals surface area contributed by atoms with Crippen LogP contribution >= 0.6 is 0 Å². The highest BCUT2D eigenvalue weighted by molar-refractivity contribution is 6.98. The molecule has 6 heteroatoms. The van der Waals surface area contributed by atoms with E-state index in [2.05, 4.69) is 209 Å². The molecule has 0 amide bonds. The molecule has 15 rings (SSSR count). The van der Waals surface area contributed by atoms with Crippen molar-refractivity contribution in [1.29, 1.82) is 0 Å². The molecule has 0 atom stereocenters. The number of fused-ring (bicyclic) bond motifs is 13. The fourth-order valence-electron chi connectivity index (χ4n) is 11.4. The lowest BCUT2D eigenvalue weighted by Crippen LogP contribution is -2.57. The van der Waals surface area contributed by atoms with Gasteiger partial charge >= 0.3 is 0 Å². The summed E-state index contributed by atoms with van der Waals surface area (Å²) in [7, 11) is 0. The fraction of sp³-hybridized carbons (Fsp3) is 0. The van der Waals surface area contributed by atoms with E-state index in [9.17, 15) is 0 Å². The van der Waals surface area contributed by atoms with Crippen LogP contribution in [0.4, 0.5) is 0 Å². The summed E-state index contributed by atoms with van der Waals surface area (Å²) < 4.78 is 25.3. The highest BCUT2D eigenvalue weighted by Crippen LogP contribution is 2.47. The Labute approximate surface area is 379 Å². The Morgan fingerprint density at radius 2 is 0.955 bits per heavy atom. The van der Waals surface area contributed by atoms with Gasteiger partial charge in [-0.05, 0) is 88.8 Å². The van der Waals surface area contributed by atoms with Crippen LogP contribution in [0.1, 0.15) is 0 Å². The van der Waals surface area contributed by atoms with Crippen molar-refractivity contribution < 1.29 is 13.9 Å². The standard InChI is InChI=1S/C60H35BN2O3/c1-2-16-37(17-3-1)62-48-28-9-5-19-43(48)57-49(62)29-15-30-50(57)63-47-27-8-4-18-39(47)41-22-13-23-42(59(41)63)40-21-14-33-53-56(40)44-24-12-20-38(60(44)66-53)36-34-54-58-55(35-36)65-52-32-11-7-26-46(52)61(58)45-25-6-10-31-51(45)64-54/h1-35H. The maximum Gasteiger partial charge on any atom is 0.260 e. The van der Waals surface area contributed by atoms with Gasteiger partial charge in [-0.15, -0.1) is 0 Å². The van der Waals surface area contributed by atoms with Gasteiger partial charge in [0.25, 0.3) is 6.71 Å². The van der Waals surface area contributed by atoms with Gasteiger partial charge in [-0.1, -0.05) is 146 Å². The van der Waals surface area contributed by atoms with Gasteiger partial charge in [-0.3, -0.25) is 0 Å². The minimum Gasteiger partial charge on any atom is -0.458 e. The number of hydrogen-bond donors (Lipinski definition) is 0. The minimum absolute atomic E-state index is 0.0105. The average molecular weight is 843 g/mol. The first-order valence-electron chi connectivity index (χ1n) is 22.5. The SMILES string of the molecule is c1ccc(-n2c3ccccc3c3c(-n4c5ccccc5c5cccc(-c6cccc7oc8c(-c9cc%10c%11c(c9)Oc9ccccc9B%11c9ccccc9O%10)cccc8c67)c54)cccc32)cc1. The molecular weight excluding hydrogens is 807 g/mol. The van der Waals surface area contributed by atoms with E-state index in [-0.39, 0.29) is 6.71 Å². The summed E-state index contributed by atoms with van der Waals surface area (Å²) in [6, 6.07) is 75.8. The van der Waals surface area contributed by atoms with E-state index < -0.39 is 0 Å². The van der Waals surface area contributed by atoms with E-state index in [1.165, 1.54) is 27.1 Å². The number of ether oxygens (including phenoxy) is 2. The van der Waals surface area contributed by atoms with Crippen molar-refractivity contribution in [2.75, 3.05) is 0 Å². The van der Waals surface area contributed by atoms with Gasteiger partial charge in [0.05, 0.1) is 27.8 Å². The first-order chi connectivity index (χ1) is 32.8. The third kappa shape index (κ3) is 4.85. The number of para-hydroxylation sites is 7. The van der Waals surface area contributed by atoms with Crippen molar-refractivity contribution >= 4 is 88.7 Å². The van der Waals surface area contributed by atoms with Crippen LogP contribution < -0.4 is 25.9 Å². The van der Waals surface area contributed by atoms with Crippen molar-refractivity contribution in [3.63, 3.8) is 0 Å².